The molecule has 2 aromatic rings. The molecule has 0 spiro atoms. The van der Waals surface area contributed by atoms with E-state index in [1.54, 1.807) is 47.4 Å². The third-order valence-corrected chi connectivity index (χ3v) is 4.98. The highest BCUT2D eigenvalue weighted by Crippen LogP contribution is 2.28. The molecule has 1 aliphatic heterocycles. The van der Waals surface area contributed by atoms with Gasteiger partial charge in [0.15, 0.2) is 11.5 Å². The van der Waals surface area contributed by atoms with Gasteiger partial charge in [0.1, 0.15) is 0 Å². The van der Waals surface area contributed by atoms with Gasteiger partial charge in [-0.2, -0.15) is 0 Å². The van der Waals surface area contributed by atoms with Crippen molar-refractivity contribution in [3.8, 4) is 11.5 Å². The Morgan fingerprint density at radius 2 is 1.84 bits per heavy atom. The van der Waals surface area contributed by atoms with Gasteiger partial charge in [-0.05, 0) is 43.2 Å². The summed E-state index contributed by atoms with van der Waals surface area (Å²) in [5.74, 6) is -0.0250. The van der Waals surface area contributed by atoms with Crippen molar-refractivity contribution in [1.29, 1.82) is 0 Å². The Hall–Kier alpha value is -3.55. The second-order valence-corrected chi connectivity index (χ2v) is 7.14. The number of carbonyl (C=O) groups excluding carboxylic acids is 3. The summed E-state index contributed by atoms with van der Waals surface area (Å²) in [5, 5.41) is 0. The van der Waals surface area contributed by atoms with Gasteiger partial charge in [-0.1, -0.05) is 25.5 Å². The van der Waals surface area contributed by atoms with Gasteiger partial charge in [0, 0.05) is 18.5 Å². The van der Waals surface area contributed by atoms with E-state index < -0.39 is 11.8 Å². The first kappa shape index (κ1) is 22.1. The lowest BCUT2D eigenvalue weighted by Crippen LogP contribution is -2.42. The second-order valence-electron chi connectivity index (χ2n) is 7.14. The topological polar surface area (TPSA) is 97.0 Å². The highest BCUT2D eigenvalue weighted by atomic mass is 16.5. The summed E-state index contributed by atoms with van der Waals surface area (Å²) in [4.78, 5) is 38.9. The fourth-order valence-corrected chi connectivity index (χ4v) is 3.31. The van der Waals surface area contributed by atoms with Crippen molar-refractivity contribution in [2.75, 3.05) is 25.2 Å². The molecule has 0 radical (unpaired) electrons. The molecule has 3 rings (SSSR count). The number of ether oxygens (including phenoxy) is 2. The fourth-order valence-electron chi connectivity index (χ4n) is 3.31. The van der Waals surface area contributed by atoms with Gasteiger partial charge in [0.25, 0.3) is 11.8 Å². The molecule has 2 aromatic carbocycles. The zero-order chi connectivity index (χ0) is 22.2. The van der Waals surface area contributed by atoms with Gasteiger partial charge in [-0.3, -0.25) is 25.2 Å². The molecule has 8 nitrogen and oxygen atoms in total. The van der Waals surface area contributed by atoms with Crippen LogP contribution in [0.2, 0.25) is 0 Å². The number of hydrogen-bond donors (Lipinski definition) is 2. The smallest absolute Gasteiger partial charge is 0.271 e. The van der Waals surface area contributed by atoms with Crippen molar-refractivity contribution in [3.05, 3.63) is 53.6 Å². The number of anilines is 1. The largest absolute Gasteiger partial charge is 0.493 e. The molecule has 3 amide bonds. The molecule has 1 saturated heterocycles. The van der Waals surface area contributed by atoms with Crippen molar-refractivity contribution in [1.82, 2.24) is 10.9 Å². The number of carbonyl (C=O) groups is 3. The molecule has 0 unspecified atom stereocenters. The third-order valence-electron chi connectivity index (χ3n) is 4.98. The van der Waals surface area contributed by atoms with E-state index in [0.29, 0.717) is 47.9 Å². The minimum absolute atomic E-state index is 0.0161. The van der Waals surface area contributed by atoms with Gasteiger partial charge in [0.2, 0.25) is 5.91 Å². The Bertz CT molecular complexity index is 960. The summed E-state index contributed by atoms with van der Waals surface area (Å²) in [6.45, 7) is 3.21. The number of rotatable bonds is 8. The molecule has 8 heteroatoms. The molecular weight excluding hydrogens is 398 g/mol. The monoisotopic (exact) mass is 425 g/mol. The van der Waals surface area contributed by atoms with Crippen LogP contribution in [0.3, 0.4) is 0 Å². The minimum Gasteiger partial charge on any atom is -0.493 e. The van der Waals surface area contributed by atoms with Crippen LogP contribution in [0.5, 0.6) is 11.5 Å². The maximum absolute atomic E-state index is 12.7. The van der Waals surface area contributed by atoms with E-state index in [0.717, 1.165) is 19.3 Å². The minimum atomic E-state index is -0.505. The van der Waals surface area contributed by atoms with Crippen molar-refractivity contribution in [2.45, 2.75) is 32.6 Å². The molecule has 0 aliphatic carbocycles. The van der Waals surface area contributed by atoms with Crippen molar-refractivity contribution in [3.63, 3.8) is 0 Å². The number of nitrogens with zero attached hydrogens (tertiary/aromatic N) is 1. The SMILES string of the molecule is CCCCOc1ccc(C(=O)NNC(=O)c2ccccc2N2CCCC2=O)cc1OC. The average molecular weight is 425 g/mol. The van der Waals surface area contributed by atoms with Crippen LogP contribution in [0.25, 0.3) is 0 Å². The molecule has 0 atom stereocenters. The van der Waals surface area contributed by atoms with Gasteiger partial charge >= 0.3 is 0 Å². The van der Waals surface area contributed by atoms with Crippen LogP contribution < -0.4 is 25.2 Å². The first-order valence-electron chi connectivity index (χ1n) is 10.4. The molecule has 31 heavy (non-hydrogen) atoms. The van der Waals surface area contributed by atoms with Gasteiger partial charge in [-0.25, -0.2) is 0 Å². The Kier molecular flexibility index (Phi) is 7.48. The van der Waals surface area contributed by atoms with Crippen LogP contribution in [0.15, 0.2) is 42.5 Å². The Morgan fingerprint density at radius 1 is 1.06 bits per heavy atom. The van der Waals surface area contributed by atoms with Gasteiger partial charge in [-0.15, -0.1) is 0 Å². The average Bonchev–Trinajstić information content (AvgIpc) is 3.23. The number of nitrogens with one attached hydrogen (secondary N) is 2. The molecule has 0 saturated carbocycles. The van der Waals surface area contributed by atoms with Crippen LogP contribution >= 0.6 is 0 Å². The summed E-state index contributed by atoms with van der Waals surface area (Å²) in [6.07, 6.45) is 3.15. The number of hydrazine groups is 1. The molecule has 2 N–H and O–H groups in total. The highest BCUT2D eigenvalue weighted by molar-refractivity contribution is 6.06. The predicted octanol–water partition coefficient (Wildman–Crippen LogP) is 3.08. The Labute approximate surface area is 181 Å². The van der Waals surface area contributed by atoms with E-state index in [1.807, 2.05) is 0 Å². The fraction of sp³-hybridized carbons (Fsp3) is 0.348. The van der Waals surface area contributed by atoms with E-state index in [2.05, 4.69) is 17.8 Å². The van der Waals surface area contributed by atoms with Crippen molar-refractivity contribution in [2.24, 2.45) is 0 Å². The summed E-state index contributed by atoms with van der Waals surface area (Å²) in [7, 11) is 1.50. The third kappa shape index (κ3) is 5.33. The van der Waals surface area contributed by atoms with Gasteiger partial charge < -0.3 is 14.4 Å². The first-order valence-corrected chi connectivity index (χ1v) is 10.4. The van der Waals surface area contributed by atoms with Crippen LogP contribution in [0.4, 0.5) is 5.69 Å². The molecule has 1 fully saturated rings. The number of hydrogen-bond acceptors (Lipinski definition) is 5. The van der Waals surface area contributed by atoms with E-state index in [4.69, 9.17) is 9.47 Å². The second kappa shape index (κ2) is 10.5. The molecule has 1 aliphatic rings. The molecule has 1 heterocycles. The Morgan fingerprint density at radius 3 is 2.55 bits per heavy atom. The highest BCUT2D eigenvalue weighted by Gasteiger charge is 2.25. The molecule has 164 valence electrons. The number of unbranched alkanes of at least 4 members (excludes halogenated alkanes) is 1. The first-order chi connectivity index (χ1) is 15.0. The number of para-hydroxylation sites is 1. The van der Waals surface area contributed by atoms with E-state index in [-0.39, 0.29) is 5.91 Å². The van der Waals surface area contributed by atoms with Crippen molar-refractivity contribution < 1.29 is 23.9 Å². The summed E-state index contributed by atoms with van der Waals surface area (Å²) >= 11 is 0. The standard InChI is InChI=1S/C23H27N3O5/c1-3-4-14-31-19-12-11-16(15-20(19)30-2)22(28)24-25-23(29)17-8-5-6-9-18(17)26-13-7-10-21(26)27/h5-6,8-9,11-12,15H,3-4,7,10,13-14H2,1-2H3,(H,24,28)(H,25,29). The lowest BCUT2D eigenvalue weighted by Gasteiger charge is -2.19. The van der Waals surface area contributed by atoms with Gasteiger partial charge in [0.05, 0.1) is 25.0 Å². The summed E-state index contributed by atoms with van der Waals surface area (Å²) in [5.41, 5.74) is 5.99. The van der Waals surface area contributed by atoms with E-state index in [1.165, 1.54) is 7.11 Å². The van der Waals surface area contributed by atoms with Crippen molar-refractivity contribution >= 4 is 23.4 Å². The molecule has 0 bridgehead atoms. The number of methoxy groups -OCH3 is 1. The normalized spacial score (nSPS) is 13.1. The Balaban J connectivity index is 1.66. The quantitative estimate of drug-likeness (QED) is 0.500. The van der Waals surface area contributed by atoms with E-state index in [9.17, 15) is 14.4 Å². The summed E-state index contributed by atoms with van der Waals surface area (Å²) in [6, 6.07) is 11.6. The molecular formula is C23H27N3O5. The maximum Gasteiger partial charge on any atom is 0.271 e. The predicted molar refractivity (Wildman–Crippen MR) is 116 cm³/mol. The number of amides is 3. The zero-order valence-corrected chi connectivity index (χ0v) is 17.8. The zero-order valence-electron chi connectivity index (χ0n) is 17.8. The van der Waals surface area contributed by atoms with E-state index >= 15 is 0 Å². The summed E-state index contributed by atoms with van der Waals surface area (Å²) < 4.78 is 11.0. The lowest BCUT2D eigenvalue weighted by atomic mass is 10.1. The van der Waals surface area contributed by atoms with Crippen LogP contribution in [-0.2, 0) is 4.79 Å². The maximum atomic E-state index is 12.7. The van der Waals surface area contributed by atoms with Crippen LogP contribution in [0, 0.1) is 0 Å². The van der Waals surface area contributed by atoms with Crippen LogP contribution in [0.1, 0.15) is 53.3 Å². The molecule has 0 aromatic heterocycles. The van der Waals surface area contributed by atoms with Crippen LogP contribution in [-0.4, -0.2) is 38.0 Å². The lowest BCUT2D eigenvalue weighted by molar-refractivity contribution is -0.117. The number of benzene rings is 2.